The van der Waals surface area contributed by atoms with E-state index in [1.54, 1.807) is 13.3 Å². The summed E-state index contributed by atoms with van der Waals surface area (Å²) in [4.78, 5) is 18.1. The first-order chi connectivity index (χ1) is 8.92. The quantitative estimate of drug-likeness (QED) is 0.682. The van der Waals surface area contributed by atoms with Gasteiger partial charge in [0.05, 0.1) is 25.3 Å². The third-order valence-corrected chi connectivity index (χ3v) is 3.26. The van der Waals surface area contributed by atoms with Crippen LogP contribution in [0.3, 0.4) is 0 Å². The molecule has 2 aliphatic heterocycles. The molecule has 5 heteroatoms. The fraction of sp³-hybridized carbons (Fsp3) is 0.714. The van der Waals surface area contributed by atoms with Crippen molar-refractivity contribution in [1.82, 2.24) is 4.90 Å². The normalized spacial score (nSPS) is 29.3. The molecule has 0 aromatic rings. The van der Waals surface area contributed by atoms with Crippen molar-refractivity contribution in [2.24, 2.45) is 4.99 Å². The first-order valence-corrected chi connectivity index (χ1v) is 6.62. The van der Waals surface area contributed by atoms with Gasteiger partial charge in [0.2, 0.25) is 0 Å². The summed E-state index contributed by atoms with van der Waals surface area (Å²) in [7, 11) is 1.74. The largest absolute Gasteiger partial charge is 0.444 e. The minimum Gasteiger partial charge on any atom is -0.444 e. The predicted octanol–water partition coefficient (Wildman–Crippen LogP) is 2.02. The van der Waals surface area contributed by atoms with Crippen LogP contribution in [0.4, 0.5) is 4.79 Å². The first kappa shape index (κ1) is 14.1. The SMILES string of the molecule is CN=C/C=C1\CC2COCC1N2C(=O)OC(C)(C)C. The molecule has 2 saturated heterocycles. The Bertz CT molecular complexity index is 409. The number of ether oxygens (including phenoxy) is 2. The Morgan fingerprint density at radius 2 is 2.21 bits per heavy atom. The molecular weight excluding hydrogens is 244 g/mol. The molecule has 5 nitrogen and oxygen atoms in total. The highest BCUT2D eigenvalue weighted by Crippen LogP contribution is 2.34. The van der Waals surface area contributed by atoms with Crippen molar-refractivity contribution in [3.8, 4) is 0 Å². The number of aliphatic imine (C=N–C) groups is 1. The number of nitrogens with zero attached hydrogens (tertiary/aromatic N) is 2. The molecule has 2 atom stereocenters. The van der Waals surface area contributed by atoms with Crippen molar-refractivity contribution in [3.05, 3.63) is 11.6 Å². The van der Waals surface area contributed by atoms with Crippen LogP contribution in [-0.4, -0.2) is 55.2 Å². The van der Waals surface area contributed by atoms with Gasteiger partial charge in [0.1, 0.15) is 5.60 Å². The standard InChI is InChI=1S/C14H22N2O3/c1-14(2,3)19-13(17)16-11-7-10(5-6-15-4)12(16)9-18-8-11/h5-6,11-12H,7-9H2,1-4H3/b10-5+,15-6?. The number of rotatable bonds is 1. The molecule has 0 radical (unpaired) electrons. The van der Waals surface area contributed by atoms with Crippen LogP contribution in [-0.2, 0) is 9.47 Å². The molecule has 2 bridgehead atoms. The minimum atomic E-state index is -0.469. The van der Waals surface area contributed by atoms with Gasteiger partial charge in [0.25, 0.3) is 0 Å². The highest BCUT2D eigenvalue weighted by molar-refractivity contribution is 5.75. The molecule has 19 heavy (non-hydrogen) atoms. The van der Waals surface area contributed by atoms with Gasteiger partial charge in [-0.1, -0.05) is 0 Å². The van der Waals surface area contributed by atoms with Crippen LogP contribution in [0, 0.1) is 0 Å². The highest BCUT2D eigenvalue weighted by atomic mass is 16.6. The molecule has 1 amide bonds. The molecule has 0 saturated carbocycles. The third kappa shape index (κ3) is 3.15. The summed E-state index contributed by atoms with van der Waals surface area (Å²) >= 11 is 0. The molecule has 0 spiro atoms. The van der Waals surface area contributed by atoms with E-state index >= 15 is 0 Å². The van der Waals surface area contributed by atoms with E-state index in [0.717, 1.165) is 6.42 Å². The van der Waals surface area contributed by atoms with Crippen LogP contribution < -0.4 is 0 Å². The monoisotopic (exact) mass is 266 g/mol. The summed E-state index contributed by atoms with van der Waals surface area (Å²) < 4.78 is 11.0. The van der Waals surface area contributed by atoms with Crippen LogP contribution in [0.2, 0.25) is 0 Å². The zero-order chi connectivity index (χ0) is 14.0. The van der Waals surface area contributed by atoms with E-state index in [0.29, 0.717) is 13.2 Å². The van der Waals surface area contributed by atoms with Crippen LogP contribution in [0.1, 0.15) is 27.2 Å². The summed E-state index contributed by atoms with van der Waals surface area (Å²) in [6.07, 6.45) is 4.35. The van der Waals surface area contributed by atoms with E-state index in [4.69, 9.17) is 9.47 Å². The summed E-state index contributed by atoms with van der Waals surface area (Å²) in [5.41, 5.74) is 0.725. The Morgan fingerprint density at radius 3 is 2.84 bits per heavy atom. The number of hydrogen-bond donors (Lipinski definition) is 0. The predicted molar refractivity (Wildman–Crippen MR) is 73.6 cm³/mol. The molecule has 106 valence electrons. The molecule has 0 aliphatic carbocycles. The van der Waals surface area contributed by atoms with E-state index in [2.05, 4.69) is 4.99 Å². The van der Waals surface area contributed by atoms with Crippen molar-refractivity contribution in [1.29, 1.82) is 0 Å². The van der Waals surface area contributed by atoms with Crippen LogP contribution >= 0.6 is 0 Å². The van der Waals surface area contributed by atoms with Gasteiger partial charge < -0.3 is 9.47 Å². The van der Waals surface area contributed by atoms with E-state index in [1.807, 2.05) is 31.7 Å². The van der Waals surface area contributed by atoms with Crippen molar-refractivity contribution in [2.45, 2.75) is 44.9 Å². The number of fused-ring (bicyclic) bond motifs is 2. The van der Waals surface area contributed by atoms with Crippen LogP contribution in [0.5, 0.6) is 0 Å². The van der Waals surface area contributed by atoms with Gasteiger partial charge in [-0.3, -0.25) is 9.89 Å². The molecule has 0 aromatic heterocycles. The van der Waals surface area contributed by atoms with Crippen LogP contribution in [0.15, 0.2) is 16.6 Å². The van der Waals surface area contributed by atoms with E-state index in [-0.39, 0.29) is 18.2 Å². The lowest BCUT2D eigenvalue weighted by Crippen LogP contribution is -2.51. The Kier molecular flexibility index (Phi) is 3.94. The Morgan fingerprint density at radius 1 is 1.47 bits per heavy atom. The summed E-state index contributed by atoms with van der Waals surface area (Å²) in [6.45, 7) is 6.77. The molecule has 2 aliphatic rings. The van der Waals surface area contributed by atoms with E-state index < -0.39 is 5.60 Å². The van der Waals surface area contributed by atoms with Gasteiger partial charge in [-0.25, -0.2) is 4.79 Å². The van der Waals surface area contributed by atoms with Crippen molar-refractivity contribution < 1.29 is 14.3 Å². The van der Waals surface area contributed by atoms with Crippen molar-refractivity contribution >= 4 is 12.3 Å². The average Bonchev–Trinajstić information content (AvgIpc) is 2.52. The fourth-order valence-corrected chi connectivity index (χ4v) is 2.52. The number of carbonyl (C=O) groups excluding carboxylic acids is 1. The summed E-state index contributed by atoms with van der Waals surface area (Å²) in [6, 6.07) is 0.0803. The molecule has 2 unspecified atom stereocenters. The third-order valence-electron chi connectivity index (χ3n) is 3.26. The maximum atomic E-state index is 12.3. The van der Waals surface area contributed by atoms with Crippen molar-refractivity contribution in [3.63, 3.8) is 0 Å². The van der Waals surface area contributed by atoms with Gasteiger partial charge >= 0.3 is 6.09 Å². The maximum Gasteiger partial charge on any atom is 0.411 e. The Balaban J connectivity index is 2.16. The summed E-state index contributed by atoms with van der Waals surface area (Å²) in [5, 5.41) is 0. The number of carbonyl (C=O) groups is 1. The second kappa shape index (κ2) is 5.33. The van der Waals surface area contributed by atoms with E-state index in [1.165, 1.54) is 5.57 Å². The number of allylic oxidation sites excluding steroid dienone is 1. The Hall–Kier alpha value is -1.36. The molecule has 2 fully saturated rings. The first-order valence-electron chi connectivity index (χ1n) is 6.62. The molecule has 0 aromatic carbocycles. The average molecular weight is 266 g/mol. The molecule has 2 heterocycles. The smallest absolute Gasteiger partial charge is 0.411 e. The highest BCUT2D eigenvalue weighted by Gasteiger charge is 2.45. The Labute approximate surface area is 114 Å². The second-order valence-electron chi connectivity index (χ2n) is 5.95. The van der Waals surface area contributed by atoms with Gasteiger partial charge in [0, 0.05) is 13.3 Å². The lowest BCUT2D eigenvalue weighted by molar-refractivity contribution is -0.0340. The van der Waals surface area contributed by atoms with E-state index in [9.17, 15) is 4.79 Å². The van der Waals surface area contributed by atoms with Gasteiger partial charge in [-0.2, -0.15) is 0 Å². The van der Waals surface area contributed by atoms with Gasteiger partial charge in [-0.05, 0) is 38.8 Å². The zero-order valence-corrected chi connectivity index (χ0v) is 12.0. The molecule has 0 N–H and O–H groups in total. The zero-order valence-electron chi connectivity index (χ0n) is 12.0. The number of amides is 1. The molecular formula is C14H22N2O3. The topological polar surface area (TPSA) is 51.1 Å². The maximum absolute atomic E-state index is 12.3. The number of morpholine rings is 1. The van der Waals surface area contributed by atoms with Gasteiger partial charge in [-0.15, -0.1) is 0 Å². The van der Waals surface area contributed by atoms with Crippen molar-refractivity contribution in [2.75, 3.05) is 20.3 Å². The summed E-state index contributed by atoms with van der Waals surface area (Å²) in [5.74, 6) is 0. The van der Waals surface area contributed by atoms with Crippen LogP contribution in [0.25, 0.3) is 0 Å². The lowest BCUT2D eigenvalue weighted by atomic mass is 10.1. The van der Waals surface area contributed by atoms with Gasteiger partial charge in [0.15, 0.2) is 0 Å². The fourth-order valence-electron chi connectivity index (χ4n) is 2.52. The number of hydrogen-bond acceptors (Lipinski definition) is 4. The second-order valence-corrected chi connectivity index (χ2v) is 5.95. The minimum absolute atomic E-state index is 0.00778. The molecule has 2 rings (SSSR count). The lowest BCUT2D eigenvalue weighted by Gasteiger charge is -2.35.